The average molecular weight is 378 g/mol. The Kier molecular flexibility index (Phi) is 5.23. The third-order valence-corrected chi connectivity index (χ3v) is 4.68. The third-order valence-electron chi connectivity index (χ3n) is 4.68. The lowest BCUT2D eigenvalue weighted by Crippen LogP contribution is -2.48. The minimum Gasteiger partial charge on any atom is -0.454 e. The number of nitrogens with zero attached hydrogens (tertiary/aromatic N) is 4. The molecule has 0 saturated carbocycles. The van der Waals surface area contributed by atoms with Gasteiger partial charge >= 0.3 is 0 Å². The van der Waals surface area contributed by atoms with Crippen LogP contribution in [0.5, 0.6) is 11.5 Å². The predicted octanol–water partition coefficient (Wildman–Crippen LogP) is 2.43. The van der Waals surface area contributed by atoms with Gasteiger partial charge in [0.25, 0.3) is 0 Å². The van der Waals surface area contributed by atoms with Crippen molar-refractivity contribution >= 4 is 17.9 Å². The van der Waals surface area contributed by atoms with Crippen molar-refractivity contribution in [2.75, 3.05) is 37.9 Å². The molecule has 0 aliphatic carbocycles. The van der Waals surface area contributed by atoms with E-state index < -0.39 is 0 Å². The molecule has 0 atom stereocenters. The largest absolute Gasteiger partial charge is 0.454 e. The fourth-order valence-corrected chi connectivity index (χ4v) is 3.10. The van der Waals surface area contributed by atoms with Gasteiger partial charge in [0.15, 0.2) is 11.5 Å². The van der Waals surface area contributed by atoms with Gasteiger partial charge in [-0.15, -0.1) is 0 Å². The molecule has 4 rings (SSSR count). The van der Waals surface area contributed by atoms with Gasteiger partial charge in [-0.3, -0.25) is 4.79 Å². The molecule has 0 bridgehead atoms. The Morgan fingerprint density at radius 1 is 1.04 bits per heavy atom. The molecule has 2 aromatic rings. The van der Waals surface area contributed by atoms with Gasteiger partial charge in [-0.25, -0.2) is 9.97 Å². The first-order chi connectivity index (χ1) is 13.7. The van der Waals surface area contributed by atoms with Crippen molar-refractivity contribution in [1.29, 1.82) is 0 Å². The Balaban J connectivity index is 1.27. The molecule has 2 aliphatic heterocycles. The van der Waals surface area contributed by atoms with E-state index in [-0.39, 0.29) is 12.7 Å². The Labute approximate surface area is 163 Å². The Morgan fingerprint density at radius 3 is 2.57 bits per heavy atom. The van der Waals surface area contributed by atoms with E-state index in [0.29, 0.717) is 13.1 Å². The van der Waals surface area contributed by atoms with E-state index in [1.54, 1.807) is 12.2 Å². The van der Waals surface area contributed by atoms with Crippen LogP contribution in [0, 0.1) is 6.92 Å². The lowest BCUT2D eigenvalue weighted by molar-refractivity contribution is -0.126. The van der Waals surface area contributed by atoms with E-state index in [2.05, 4.69) is 14.9 Å². The lowest BCUT2D eigenvalue weighted by Gasteiger charge is -2.34. The number of carbonyl (C=O) groups is 1. The van der Waals surface area contributed by atoms with Crippen molar-refractivity contribution in [3.05, 3.63) is 59.9 Å². The smallest absolute Gasteiger partial charge is 0.246 e. The van der Waals surface area contributed by atoms with Crippen molar-refractivity contribution in [1.82, 2.24) is 14.9 Å². The van der Waals surface area contributed by atoms with Gasteiger partial charge in [0.05, 0.1) is 0 Å². The Hall–Kier alpha value is -3.35. The second-order valence-corrected chi connectivity index (χ2v) is 6.70. The Bertz CT molecular complexity index is 900. The van der Waals surface area contributed by atoms with Crippen LogP contribution in [0.3, 0.4) is 0 Å². The maximum atomic E-state index is 12.4. The summed E-state index contributed by atoms with van der Waals surface area (Å²) in [4.78, 5) is 25.0. The molecular weight excluding hydrogens is 356 g/mol. The summed E-state index contributed by atoms with van der Waals surface area (Å²) >= 11 is 0. The molecule has 7 heteroatoms. The van der Waals surface area contributed by atoms with E-state index in [1.807, 2.05) is 54.6 Å². The molecule has 7 nitrogen and oxygen atoms in total. The van der Waals surface area contributed by atoms with E-state index in [0.717, 1.165) is 41.7 Å². The SMILES string of the molecule is Cc1cnc(N2CCN(C(=O)C=CC=Cc3ccc4c(c3)OCO4)CC2)nc1. The van der Waals surface area contributed by atoms with Gasteiger partial charge in [-0.2, -0.15) is 0 Å². The number of allylic oxidation sites excluding steroid dienone is 2. The molecule has 3 heterocycles. The molecule has 0 N–H and O–H groups in total. The van der Waals surface area contributed by atoms with Crippen LogP contribution in [0.15, 0.2) is 48.8 Å². The van der Waals surface area contributed by atoms with Gasteiger partial charge < -0.3 is 19.3 Å². The molecule has 28 heavy (non-hydrogen) atoms. The summed E-state index contributed by atoms with van der Waals surface area (Å²) in [5.74, 6) is 2.25. The van der Waals surface area contributed by atoms with Crippen LogP contribution in [0.1, 0.15) is 11.1 Å². The number of aryl methyl sites for hydroxylation is 1. The minimum atomic E-state index is 0.0137. The van der Waals surface area contributed by atoms with E-state index >= 15 is 0 Å². The van der Waals surface area contributed by atoms with Crippen molar-refractivity contribution in [3.8, 4) is 11.5 Å². The predicted molar refractivity (Wildman–Crippen MR) is 106 cm³/mol. The summed E-state index contributed by atoms with van der Waals surface area (Å²) in [7, 11) is 0. The van der Waals surface area contributed by atoms with Crippen LogP contribution in [0.25, 0.3) is 6.08 Å². The van der Waals surface area contributed by atoms with Crippen molar-refractivity contribution in [2.24, 2.45) is 0 Å². The maximum Gasteiger partial charge on any atom is 0.246 e. The van der Waals surface area contributed by atoms with E-state index in [9.17, 15) is 4.79 Å². The highest BCUT2D eigenvalue weighted by Crippen LogP contribution is 2.32. The molecule has 1 saturated heterocycles. The minimum absolute atomic E-state index is 0.0137. The zero-order chi connectivity index (χ0) is 19.3. The first-order valence-electron chi connectivity index (χ1n) is 9.26. The average Bonchev–Trinajstić information content (AvgIpc) is 3.20. The monoisotopic (exact) mass is 378 g/mol. The number of anilines is 1. The molecule has 0 radical (unpaired) electrons. The number of rotatable bonds is 4. The zero-order valence-electron chi connectivity index (χ0n) is 15.7. The standard InChI is InChI=1S/C21H22N4O3/c1-16-13-22-21(23-14-16)25-10-8-24(9-11-25)20(26)5-3-2-4-17-6-7-18-19(12-17)28-15-27-18/h2-7,12-14H,8-11,15H2,1H3. The molecule has 0 spiro atoms. The number of aromatic nitrogens is 2. The van der Waals surface area contributed by atoms with Crippen LogP contribution < -0.4 is 14.4 Å². The number of fused-ring (bicyclic) bond motifs is 1. The van der Waals surface area contributed by atoms with Crippen LogP contribution >= 0.6 is 0 Å². The topological polar surface area (TPSA) is 67.8 Å². The van der Waals surface area contributed by atoms with Crippen LogP contribution in [-0.2, 0) is 4.79 Å². The first kappa shape index (κ1) is 18.0. The molecule has 1 amide bonds. The number of amides is 1. The van der Waals surface area contributed by atoms with Gasteiger partial charge in [0.2, 0.25) is 18.6 Å². The molecule has 1 fully saturated rings. The van der Waals surface area contributed by atoms with Gasteiger partial charge in [0.1, 0.15) is 0 Å². The van der Waals surface area contributed by atoms with E-state index in [4.69, 9.17) is 9.47 Å². The first-order valence-corrected chi connectivity index (χ1v) is 9.26. The highest BCUT2D eigenvalue weighted by Gasteiger charge is 2.21. The second kappa shape index (κ2) is 8.12. The number of piperazine rings is 1. The number of hydrogen-bond acceptors (Lipinski definition) is 6. The van der Waals surface area contributed by atoms with Gasteiger partial charge in [0, 0.05) is 44.6 Å². The molecular formula is C21H22N4O3. The highest BCUT2D eigenvalue weighted by molar-refractivity contribution is 5.88. The molecule has 2 aliphatic rings. The lowest BCUT2D eigenvalue weighted by atomic mass is 10.2. The van der Waals surface area contributed by atoms with Crippen molar-refractivity contribution in [3.63, 3.8) is 0 Å². The molecule has 1 aromatic carbocycles. The van der Waals surface area contributed by atoms with Crippen LogP contribution in [0.2, 0.25) is 0 Å². The van der Waals surface area contributed by atoms with Gasteiger partial charge in [-0.05, 0) is 30.2 Å². The van der Waals surface area contributed by atoms with Crippen LogP contribution in [0.4, 0.5) is 5.95 Å². The number of benzene rings is 1. The Morgan fingerprint density at radius 2 is 1.79 bits per heavy atom. The van der Waals surface area contributed by atoms with Crippen LogP contribution in [-0.4, -0.2) is 53.7 Å². The maximum absolute atomic E-state index is 12.4. The van der Waals surface area contributed by atoms with Crippen molar-refractivity contribution in [2.45, 2.75) is 6.92 Å². The second-order valence-electron chi connectivity index (χ2n) is 6.70. The summed E-state index contributed by atoms with van der Waals surface area (Å²) in [5.41, 5.74) is 2.03. The fraction of sp³-hybridized carbons (Fsp3) is 0.286. The normalized spacial score (nSPS) is 16.3. The summed E-state index contributed by atoms with van der Waals surface area (Å²) < 4.78 is 10.7. The van der Waals surface area contributed by atoms with Crippen molar-refractivity contribution < 1.29 is 14.3 Å². The zero-order valence-corrected chi connectivity index (χ0v) is 15.7. The highest BCUT2D eigenvalue weighted by atomic mass is 16.7. The molecule has 0 unspecified atom stereocenters. The quantitative estimate of drug-likeness (QED) is 0.601. The number of hydrogen-bond donors (Lipinski definition) is 0. The van der Waals surface area contributed by atoms with Gasteiger partial charge in [-0.1, -0.05) is 24.3 Å². The molecule has 144 valence electrons. The summed E-state index contributed by atoms with van der Waals surface area (Å²) in [6.07, 6.45) is 10.8. The van der Waals surface area contributed by atoms with E-state index in [1.165, 1.54) is 0 Å². The molecule has 1 aromatic heterocycles. The summed E-state index contributed by atoms with van der Waals surface area (Å²) in [5, 5.41) is 0. The summed E-state index contributed by atoms with van der Waals surface area (Å²) in [6.45, 7) is 5.01. The third kappa shape index (κ3) is 4.14. The summed E-state index contributed by atoms with van der Waals surface area (Å²) in [6, 6.07) is 5.75. The number of ether oxygens (including phenoxy) is 2. The number of carbonyl (C=O) groups excluding carboxylic acids is 1. The fourth-order valence-electron chi connectivity index (χ4n) is 3.10.